The highest BCUT2D eigenvalue weighted by molar-refractivity contribution is 9.10. The first kappa shape index (κ1) is 15.2. The Labute approximate surface area is 130 Å². The Balaban J connectivity index is 2.33. The highest BCUT2D eigenvalue weighted by Crippen LogP contribution is 2.25. The molecule has 0 bridgehead atoms. The first-order chi connectivity index (χ1) is 9.25. The number of nitrogens with zero attached hydrogens (tertiary/aromatic N) is 2. The molecule has 0 amide bonds. The van der Waals surface area contributed by atoms with Gasteiger partial charge in [-0.2, -0.15) is 0 Å². The minimum Gasteiger partial charge on any atom is -0.340 e. The summed E-state index contributed by atoms with van der Waals surface area (Å²) in [6.07, 6.45) is 0. The lowest BCUT2D eigenvalue weighted by Crippen LogP contribution is -2.16. The minimum atomic E-state index is -0.471. The molecule has 1 aromatic carbocycles. The third-order valence-corrected chi connectivity index (χ3v) is 3.27. The van der Waals surface area contributed by atoms with Crippen LogP contribution in [0.25, 0.3) is 0 Å². The number of anilines is 2. The molecule has 2 rings (SSSR count). The molecule has 0 unspecified atom stereocenters. The second-order valence-corrected chi connectivity index (χ2v) is 6.62. The molecule has 1 heterocycles. The highest BCUT2D eigenvalue weighted by atomic mass is 79.9. The van der Waals surface area contributed by atoms with Crippen molar-refractivity contribution in [2.24, 2.45) is 0 Å². The summed E-state index contributed by atoms with van der Waals surface area (Å²) in [7, 11) is 0. The van der Waals surface area contributed by atoms with Crippen LogP contribution in [0.4, 0.5) is 15.9 Å². The molecule has 2 aromatic rings. The Morgan fingerprint density at radius 3 is 2.50 bits per heavy atom. The Morgan fingerprint density at radius 2 is 1.90 bits per heavy atom. The zero-order valence-corrected chi connectivity index (χ0v) is 13.7. The van der Waals surface area contributed by atoms with Crippen molar-refractivity contribution in [3.63, 3.8) is 0 Å². The van der Waals surface area contributed by atoms with E-state index in [2.05, 4.69) is 31.2 Å². The van der Waals surface area contributed by atoms with E-state index >= 15 is 0 Å². The monoisotopic (exact) mass is 357 g/mol. The summed E-state index contributed by atoms with van der Waals surface area (Å²) in [4.78, 5) is 8.79. The molecule has 106 valence electrons. The number of benzene rings is 1. The number of hydrogen-bond acceptors (Lipinski definition) is 3. The van der Waals surface area contributed by atoms with E-state index in [-0.39, 0.29) is 10.4 Å². The molecule has 0 aliphatic heterocycles. The average molecular weight is 359 g/mol. The van der Waals surface area contributed by atoms with E-state index in [0.29, 0.717) is 21.9 Å². The maximum Gasteiger partial charge on any atom is 0.143 e. The molecule has 0 aliphatic rings. The zero-order valence-electron chi connectivity index (χ0n) is 11.3. The predicted octanol–water partition coefficient (Wildman–Crippen LogP) is 5.07. The van der Waals surface area contributed by atoms with Crippen molar-refractivity contribution in [1.29, 1.82) is 0 Å². The molecule has 0 saturated heterocycles. The van der Waals surface area contributed by atoms with E-state index < -0.39 is 5.82 Å². The van der Waals surface area contributed by atoms with Crippen LogP contribution in [0.1, 0.15) is 26.6 Å². The number of hydrogen-bond donors (Lipinski definition) is 1. The molecule has 1 N–H and O–H groups in total. The van der Waals surface area contributed by atoms with Crippen LogP contribution in [0, 0.1) is 5.82 Å². The molecule has 0 spiro atoms. The van der Waals surface area contributed by atoms with E-state index in [9.17, 15) is 4.39 Å². The van der Waals surface area contributed by atoms with Crippen LogP contribution in [0.3, 0.4) is 0 Å². The van der Waals surface area contributed by atoms with Crippen molar-refractivity contribution in [1.82, 2.24) is 9.97 Å². The topological polar surface area (TPSA) is 37.8 Å². The van der Waals surface area contributed by atoms with Crippen molar-refractivity contribution in [2.75, 3.05) is 5.32 Å². The van der Waals surface area contributed by atoms with Gasteiger partial charge in [0.15, 0.2) is 0 Å². The molecule has 0 atom stereocenters. The molecular weight excluding hydrogens is 345 g/mol. The fraction of sp³-hybridized carbons (Fsp3) is 0.286. The van der Waals surface area contributed by atoms with Gasteiger partial charge >= 0.3 is 0 Å². The fourth-order valence-corrected chi connectivity index (χ4v) is 2.04. The first-order valence-corrected chi connectivity index (χ1v) is 7.20. The summed E-state index contributed by atoms with van der Waals surface area (Å²) in [6, 6.07) is 6.26. The number of nitrogens with one attached hydrogen (secondary N) is 1. The van der Waals surface area contributed by atoms with E-state index in [4.69, 9.17) is 11.6 Å². The molecule has 0 aliphatic carbocycles. The summed E-state index contributed by atoms with van der Waals surface area (Å²) >= 11 is 9.02. The van der Waals surface area contributed by atoms with Gasteiger partial charge in [0.25, 0.3) is 0 Å². The average Bonchev–Trinajstić information content (AvgIpc) is 2.32. The molecule has 6 heteroatoms. The third kappa shape index (κ3) is 3.67. The second-order valence-electron chi connectivity index (χ2n) is 5.40. The molecule has 20 heavy (non-hydrogen) atoms. The smallest absolute Gasteiger partial charge is 0.143 e. The van der Waals surface area contributed by atoms with Gasteiger partial charge in [0.1, 0.15) is 22.1 Å². The van der Waals surface area contributed by atoms with Crippen LogP contribution >= 0.6 is 27.5 Å². The van der Waals surface area contributed by atoms with Gasteiger partial charge in [-0.25, -0.2) is 14.4 Å². The third-order valence-electron chi connectivity index (χ3n) is 2.56. The largest absolute Gasteiger partial charge is 0.340 e. The van der Waals surface area contributed by atoms with Crippen LogP contribution in [0.2, 0.25) is 5.02 Å². The van der Waals surface area contributed by atoms with Gasteiger partial charge in [-0.15, -0.1) is 0 Å². The Bertz CT molecular complexity index is 641. The standard InChI is InChI=1S/C14H14BrClFN3/c1-14(2,3)13-19-11(15)7-12(20-13)18-8-4-5-9(16)10(17)6-8/h4-7H,1-3H3,(H,18,19,20). The van der Waals surface area contributed by atoms with E-state index in [0.717, 1.165) is 0 Å². The van der Waals surface area contributed by atoms with Crippen LogP contribution < -0.4 is 5.32 Å². The van der Waals surface area contributed by atoms with Crippen LogP contribution in [-0.4, -0.2) is 9.97 Å². The van der Waals surface area contributed by atoms with Crippen LogP contribution in [-0.2, 0) is 5.41 Å². The van der Waals surface area contributed by atoms with Gasteiger partial charge in [-0.3, -0.25) is 0 Å². The molecule has 0 radical (unpaired) electrons. The summed E-state index contributed by atoms with van der Waals surface area (Å²) < 4.78 is 14.1. The summed E-state index contributed by atoms with van der Waals surface area (Å²) in [5.41, 5.74) is 0.406. The highest BCUT2D eigenvalue weighted by Gasteiger charge is 2.18. The fourth-order valence-electron chi connectivity index (χ4n) is 1.54. The predicted molar refractivity (Wildman–Crippen MR) is 83.1 cm³/mol. The molecular formula is C14H14BrClFN3. The second kappa shape index (κ2) is 5.66. The van der Waals surface area contributed by atoms with Crippen molar-refractivity contribution in [3.8, 4) is 0 Å². The first-order valence-electron chi connectivity index (χ1n) is 6.03. The van der Waals surface area contributed by atoms with Gasteiger partial charge in [-0.1, -0.05) is 32.4 Å². The number of halogens is 3. The van der Waals surface area contributed by atoms with Crippen molar-refractivity contribution in [2.45, 2.75) is 26.2 Å². The lowest BCUT2D eigenvalue weighted by molar-refractivity contribution is 0.544. The van der Waals surface area contributed by atoms with E-state index in [1.54, 1.807) is 12.1 Å². The van der Waals surface area contributed by atoms with Crippen molar-refractivity contribution < 1.29 is 4.39 Å². The lowest BCUT2D eigenvalue weighted by Gasteiger charge is -2.18. The normalized spacial score (nSPS) is 11.5. The van der Waals surface area contributed by atoms with Crippen LogP contribution in [0.5, 0.6) is 0 Å². The van der Waals surface area contributed by atoms with Crippen molar-refractivity contribution in [3.05, 3.63) is 45.5 Å². The quantitative estimate of drug-likeness (QED) is 0.761. The van der Waals surface area contributed by atoms with Gasteiger partial charge in [0, 0.05) is 17.2 Å². The number of rotatable bonds is 2. The summed E-state index contributed by atoms with van der Waals surface area (Å²) in [5.74, 6) is 0.822. The molecule has 0 fully saturated rings. The zero-order chi connectivity index (χ0) is 14.9. The number of aromatic nitrogens is 2. The summed E-state index contributed by atoms with van der Waals surface area (Å²) in [6.45, 7) is 6.08. The summed E-state index contributed by atoms with van der Waals surface area (Å²) in [5, 5.41) is 3.14. The van der Waals surface area contributed by atoms with Crippen molar-refractivity contribution >= 4 is 39.0 Å². The van der Waals surface area contributed by atoms with Gasteiger partial charge in [0.05, 0.1) is 5.02 Å². The Hall–Kier alpha value is -1.20. The van der Waals surface area contributed by atoms with E-state index in [1.807, 2.05) is 20.8 Å². The Kier molecular flexibility index (Phi) is 4.30. The maximum absolute atomic E-state index is 13.4. The molecule has 0 saturated carbocycles. The van der Waals surface area contributed by atoms with Gasteiger partial charge < -0.3 is 5.32 Å². The lowest BCUT2D eigenvalue weighted by atomic mass is 9.96. The van der Waals surface area contributed by atoms with Gasteiger partial charge in [-0.05, 0) is 34.1 Å². The Morgan fingerprint density at radius 1 is 1.20 bits per heavy atom. The minimum absolute atomic E-state index is 0.0924. The maximum atomic E-state index is 13.4. The van der Waals surface area contributed by atoms with Crippen LogP contribution in [0.15, 0.2) is 28.9 Å². The molecule has 3 nitrogen and oxygen atoms in total. The SMILES string of the molecule is CC(C)(C)c1nc(Br)cc(Nc2ccc(Cl)c(F)c2)n1. The van der Waals surface area contributed by atoms with E-state index in [1.165, 1.54) is 12.1 Å². The van der Waals surface area contributed by atoms with Gasteiger partial charge in [0.2, 0.25) is 0 Å². The molecule has 1 aromatic heterocycles.